The minimum absolute atomic E-state index is 0.000254. The number of benzene rings is 2. The lowest BCUT2D eigenvalue weighted by atomic mass is 10.1. The maximum Gasteiger partial charge on any atom is 0.261 e. The predicted molar refractivity (Wildman–Crippen MR) is 92.5 cm³/mol. The topological polar surface area (TPSA) is 63.2 Å². The second-order valence-corrected chi connectivity index (χ2v) is 7.24. The molecule has 4 nitrogen and oxygen atoms in total. The zero-order valence-corrected chi connectivity index (χ0v) is 14.3. The average Bonchev–Trinajstić information content (AvgIpc) is 2.53. The molecule has 2 aromatic carbocycles. The molecule has 0 bridgehead atoms. The summed E-state index contributed by atoms with van der Waals surface area (Å²) in [5.41, 5.74) is 2.35. The first-order valence-electron chi connectivity index (χ1n) is 7.17. The third kappa shape index (κ3) is 5.08. The number of aryl methyl sites for hydroxylation is 2. The molecule has 122 valence electrons. The normalized spacial score (nSPS) is 11.2. The van der Waals surface area contributed by atoms with Gasteiger partial charge in [-0.05, 0) is 43.2 Å². The van der Waals surface area contributed by atoms with Crippen molar-refractivity contribution in [1.29, 1.82) is 0 Å². The number of hydrogen-bond donors (Lipinski definition) is 1. The Hall–Kier alpha value is -1.85. The highest BCUT2D eigenvalue weighted by atomic mass is 35.5. The van der Waals surface area contributed by atoms with Gasteiger partial charge in [0.15, 0.2) is 0 Å². The van der Waals surface area contributed by atoms with Gasteiger partial charge in [-0.15, -0.1) is 11.6 Å². The largest absolute Gasteiger partial charge is 0.298 e. The van der Waals surface area contributed by atoms with Crippen molar-refractivity contribution in [3.8, 4) is 0 Å². The van der Waals surface area contributed by atoms with Crippen LogP contribution in [-0.4, -0.2) is 20.1 Å². The molecule has 0 unspecified atom stereocenters. The van der Waals surface area contributed by atoms with Gasteiger partial charge < -0.3 is 0 Å². The van der Waals surface area contributed by atoms with E-state index >= 15 is 0 Å². The van der Waals surface area contributed by atoms with Gasteiger partial charge in [0.1, 0.15) is 5.78 Å². The molecule has 23 heavy (non-hydrogen) atoms. The molecule has 0 amide bonds. The zero-order valence-electron chi connectivity index (χ0n) is 12.8. The van der Waals surface area contributed by atoms with Crippen LogP contribution in [0.15, 0.2) is 53.4 Å². The maximum atomic E-state index is 12.4. The molecule has 0 radical (unpaired) electrons. The number of halogens is 1. The first-order chi connectivity index (χ1) is 10.9. The Morgan fingerprint density at radius 1 is 1.13 bits per heavy atom. The molecule has 0 aliphatic rings. The molecular weight excluding hydrogens is 334 g/mol. The summed E-state index contributed by atoms with van der Waals surface area (Å²) in [5.74, 6) is -0.0305. The summed E-state index contributed by atoms with van der Waals surface area (Å²) in [5, 5.41) is 0. The van der Waals surface area contributed by atoms with E-state index in [1.54, 1.807) is 42.5 Å². The number of anilines is 1. The molecule has 2 aromatic rings. The third-order valence-electron chi connectivity index (χ3n) is 3.35. The molecule has 0 aliphatic heterocycles. The number of alkyl halides is 1. The zero-order chi connectivity index (χ0) is 16.9. The summed E-state index contributed by atoms with van der Waals surface area (Å²) in [6, 6.07) is 13.7. The highest BCUT2D eigenvalue weighted by Crippen LogP contribution is 2.18. The summed E-state index contributed by atoms with van der Waals surface area (Å²) in [6.45, 7) is 1.90. The van der Waals surface area contributed by atoms with E-state index in [1.807, 2.05) is 13.0 Å². The van der Waals surface area contributed by atoms with Crippen LogP contribution in [0.25, 0.3) is 0 Å². The monoisotopic (exact) mass is 351 g/mol. The van der Waals surface area contributed by atoms with E-state index < -0.39 is 10.0 Å². The summed E-state index contributed by atoms with van der Waals surface area (Å²) in [4.78, 5) is 11.5. The van der Waals surface area contributed by atoms with Gasteiger partial charge in [-0.25, -0.2) is 8.42 Å². The van der Waals surface area contributed by atoms with Crippen LogP contribution in [0.3, 0.4) is 0 Å². The predicted octanol–water partition coefficient (Wildman–Crippen LogP) is 3.54. The number of carbonyl (C=O) groups excluding carboxylic acids is 1. The minimum atomic E-state index is -3.62. The van der Waals surface area contributed by atoms with Gasteiger partial charge in [-0.2, -0.15) is 0 Å². The summed E-state index contributed by atoms with van der Waals surface area (Å²) < 4.78 is 27.3. The van der Waals surface area contributed by atoms with Crippen molar-refractivity contribution in [2.75, 3.05) is 10.6 Å². The van der Waals surface area contributed by atoms with Crippen molar-refractivity contribution in [3.63, 3.8) is 0 Å². The fourth-order valence-electron chi connectivity index (χ4n) is 2.07. The number of hydrogen-bond acceptors (Lipinski definition) is 3. The Balaban J connectivity index is 2.13. The molecule has 0 aromatic heterocycles. The van der Waals surface area contributed by atoms with E-state index in [-0.39, 0.29) is 16.6 Å². The quantitative estimate of drug-likeness (QED) is 0.776. The highest BCUT2D eigenvalue weighted by molar-refractivity contribution is 7.92. The summed E-state index contributed by atoms with van der Waals surface area (Å²) in [7, 11) is -3.62. The van der Waals surface area contributed by atoms with E-state index in [1.165, 1.54) is 0 Å². The average molecular weight is 352 g/mol. The molecule has 1 N–H and O–H groups in total. The Bertz CT molecular complexity index is 786. The summed E-state index contributed by atoms with van der Waals surface area (Å²) in [6.07, 6.45) is 0.878. The van der Waals surface area contributed by atoms with Crippen LogP contribution < -0.4 is 4.72 Å². The van der Waals surface area contributed by atoms with Gasteiger partial charge in [0.2, 0.25) is 0 Å². The lowest BCUT2D eigenvalue weighted by molar-refractivity contribution is -0.116. The molecule has 0 saturated carbocycles. The second-order valence-electron chi connectivity index (χ2n) is 5.29. The van der Waals surface area contributed by atoms with Crippen LogP contribution in [0, 0.1) is 6.92 Å². The van der Waals surface area contributed by atoms with E-state index in [2.05, 4.69) is 4.72 Å². The number of nitrogens with one attached hydrogen (secondary N) is 1. The van der Waals surface area contributed by atoms with Crippen molar-refractivity contribution in [1.82, 2.24) is 0 Å². The second kappa shape index (κ2) is 7.62. The van der Waals surface area contributed by atoms with E-state index in [0.29, 0.717) is 18.5 Å². The van der Waals surface area contributed by atoms with Crippen molar-refractivity contribution in [2.24, 2.45) is 0 Å². The molecule has 6 heteroatoms. The Morgan fingerprint density at radius 3 is 2.48 bits per heavy atom. The van der Waals surface area contributed by atoms with Crippen LogP contribution in [0.5, 0.6) is 0 Å². The molecule has 2 rings (SSSR count). The van der Waals surface area contributed by atoms with Crippen LogP contribution in [0.4, 0.5) is 5.69 Å². The lowest BCUT2D eigenvalue weighted by Gasteiger charge is -2.10. The van der Waals surface area contributed by atoms with Crippen molar-refractivity contribution in [2.45, 2.75) is 24.7 Å². The van der Waals surface area contributed by atoms with Gasteiger partial charge in [-0.1, -0.05) is 29.8 Å². The molecule has 0 saturated heterocycles. The number of rotatable bonds is 7. The van der Waals surface area contributed by atoms with Crippen LogP contribution in [0.1, 0.15) is 17.5 Å². The van der Waals surface area contributed by atoms with Crippen LogP contribution in [0.2, 0.25) is 0 Å². The molecular formula is C17H18ClNO3S. The first kappa shape index (κ1) is 17.5. The van der Waals surface area contributed by atoms with Gasteiger partial charge in [0.25, 0.3) is 10.0 Å². The number of ketones is 1. The highest BCUT2D eigenvalue weighted by Gasteiger charge is 2.14. The van der Waals surface area contributed by atoms with Gasteiger partial charge >= 0.3 is 0 Å². The van der Waals surface area contributed by atoms with Gasteiger partial charge in [0, 0.05) is 12.1 Å². The van der Waals surface area contributed by atoms with Gasteiger partial charge in [0.05, 0.1) is 10.8 Å². The number of Topliss-reactive ketones (excluding diaryl/α,β-unsaturated/α-hetero) is 1. The molecule has 0 fully saturated rings. The lowest BCUT2D eigenvalue weighted by Crippen LogP contribution is -2.13. The molecule has 0 aliphatic carbocycles. The van der Waals surface area contributed by atoms with Crippen LogP contribution >= 0.6 is 11.6 Å². The van der Waals surface area contributed by atoms with E-state index in [4.69, 9.17) is 11.6 Å². The first-order valence-corrected chi connectivity index (χ1v) is 9.18. The Kier molecular flexibility index (Phi) is 5.80. The SMILES string of the molecule is Cc1ccc(S(=O)(=O)Nc2cccc(CCC(=O)CCl)c2)cc1. The third-order valence-corrected chi connectivity index (χ3v) is 5.05. The maximum absolute atomic E-state index is 12.4. The fraction of sp³-hybridized carbons (Fsp3) is 0.235. The number of carbonyl (C=O) groups is 1. The molecule has 0 spiro atoms. The van der Waals surface area contributed by atoms with Crippen molar-refractivity contribution < 1.29 is 13.2 Å². The Morgan fingerprint density at radius 2 is 1.83 bits per heavy atom. The smallest absolute Gasteiger partial charge is 0.261 e. The standard InChI is InChI=1S/C17H18ClNO3S/c1-13-5-9-17(10-6-13)23(21,22)19-15-4-2-3-14(11-15)7-8-16(20)12-18/h2-6,9-11,19H,7-8,12H2,1H3. The van der Waals surface area contributed by atoms with Crippen molar-refractivity contribution in [3.05, 3.63) is 59.7 Å². The van der Waals surface area contributed by atoms with Gasteiger partial charge in [-0.3, -0.25) is 9.52 Å². The van der Waals surface area contributed by atoms with Crippen molar-refractivity contribution >= 4 is 33.1 Å². The minimum Gasteiger partial charge on any atom is -0.298 e. The number of sulfonamides is 1. The van der Waals surface area contributed by atoms with Crippen LogP contribution in [-0.2, 0) is 21.2 Å². The fourth-order valence-corrected chi connectivity index (χ4v) is 3.26. The molecule has 0 heterocycles. The molecule has 0 atom stereocenters. The van der Waals surface area contributed by atoms with E-state index in [0.717, 1.165) is 11.1 Å². The summed E-state index contributed by atoms with van der Waals surface area (Å²) >= 11 is 5.47. The Labute approximate surface area is 141 Å². The van der Waals surface area contributed by atoms with E-state index in [9.17, 15) is 13.2 Å².